The highest BCUT2D eigenvalue weighted by atomic mass is 16.7. The van der Waals surface area contributed by atoms with Crippen LogP contribution in [-0.2, 0) is 14.4 Å². The van der Waals surface area contributed by atoms with E-state index in [0.717, 1.165) is 19.3 Å². The second-order valence-corrected chi connectivity index (χ2v) is 5.16. The maximum absolute atomic E-state index is 12.2. The maximum atomic E-state index is 12.2. The highest BCUT2D eigenvalue weighted by Gasteiger charge is 2.41. The lowest BCUT2D eigenvalue weighted by molar-refractivity contribution is -0.175. The average molecular weight is 291 g/mol. The zero-order valence-electron chi connectivity index (χ0n) is 12.5. The zero-order valence-corrected chi connectivity index (χ0v) is 12.5. The molecule has 2 rings (SSSR count). The first-order valence-electron chi connectivity index (χ1n) is 7.30. The highest BCUT2D eigenvalue weighted by molar-refractivity contribution is 5.89. The van der Waals surface area contributed by atoms with E-state index in [1.54, 1.807) is 24.3 Å². The molecule has 0 unspecified atom stereocenters. The van der Waals surface area contributed by atoms with Gasteiger partial charge in [-0.2, -0.15) is 0 Å². The van der Waals surface area contributed by atoms with E-state index in [9.17, 15) is 9.59 Å². The number of ether oxygens (including phenoxy) is 1. The Hall–Kier alpha value is -1.88. The van der Waals surface area contributed by atoms with Crippen LogP contribution in [0.15, 0.2) is 30.3 Å². The van der Waals surface area contributed by atoms with Gasteiger partial charge in [0.05, 0.1) is 12.7 Å². The van der Waals surface area contributed by atoms with Gasteiger partial charge in [0.2, 0.25) is 0 Å². The third kappa shape index (κ3) is 3.61. The average Bonchev–Trinajstić information content (AvgIpc) is 2.90. The number of nitrogens with zero attached hydrogens (tertiary/aromatic N) is 1. The second-order valence-electron chi connectivity index (χ2n) is 5.16. The number of hydroxylamine groups is 2. The minimum absolute atomic E-state index is 0.0757. The summed E-state index contributed by atoms with van der Waals surface area (Å²) in [7, 11) is 1.35. The number of carbonyl (C=O) groups is 2. The summed E-state index contributed by atoms with van der Waals surface area (Å²) in [4.78, 5) is 29.5. The van der Waals surface area contributed by atoms with Gasteiger partial charge in [-0.3, -0.25) is 4.79 Å². The van der Waals surface area contributed by atoms with Crippen LogP contribution in [0.3, 0.4) is 0 Å². The van der Waals surface area contributed by atoms with E-state index in [2.05, 4.69) is 6.92 Å². The molecule has 0 aromatic heterocycles. The molecule has 1 fully saturated rings. The molecule has 1 aliphatic heterocycles. The zero-order chi connectivity index (χ0) is 15.2. The van der Waals surface area contributed by atoms with Gasteiger partial charge < -0.3 is 9.57 Å². The summed E-state index contributed by atoms with van der Waals surface area (Å²) in [5.74, 6) is -0.790. The summed E-state index contributed by atoms with van der Waals surface area (Å²) in [5.41, 5.74) is 0.475. The Morgan fingerprint density at radius 2 is 1.95 bits per heavy atom. The van der Waals surface area contributed by atoms with Crippen molar-refractivity contribution in [2.24, 2.45) is 0 Å². The van der Waals surface area contributed by atoms with E-state index in [1.165, 1.54) is 12.2 Å². The van der Waals surface area contributed by atoms with Crippen LogP contribution < -0.4 is 0 Å². The van der Waals surface area contributed by atoms with Crippen molar-refractivity contribution in [3.8, 4) is 0 Å². The number of hydrogen-bond donors (Lipinski definition) is 0. The van der Waals surface area contributed by atoms with Crippen molar-refractivity contribution in [2.75, 3.05) is 7.11 Å². The molecular formula is C16H21NO4. The molecule has 1 aliphatic rings. The number of hydrogen-bond acceptors (Lipinski definition) is 5. The number of methoxy groups -OCH3 is 1. The minimum Gasteiger partial charge on any atom is -0.468 e. The molecule has 21 heavy (non-hydrogen) atoms. The van der Waals surface area contributed by atoms with Crippen LogP contribution in [0.1, 0.15) is 43.0 Å². The molecule has 1 heterocycles. The molecule has 5 heteroatoms. The Balaban J connectivity index is 2.11. The topological polar surface area (TPSA) is 55.8 Å². The number of carbonyl (C=O) groups excluding carboxylic acids is 2. The summed E-state index contributed by atoms with van der Waals surface area (Å²) in [6.07, 6.45) is 3.34. The Labute approximate surface area is 124 Å². The summed E-state index contributed by atoms with van der Waals surface area (Å²) in [5, 5.41) is 1.53. The van der Waals surface area contributed by atoms with E-state index in [1.807, 2.05) is 6.07 Å². The number of benzene rings is 1. The minimum atomic E-state index is -0.501. The van der Waals surface area contributed by atoms with Crippen LogP contribution >= 0.6 is 0 Å². The van der Waals surface area contributed by atoms with Crippen LogP contribution in [0, 0.1) is 0 Å². The Kier molecular flexibility index (Phi) is 5.33. The summed E-state index contributed by atoms with van der Waals surface area (Å²) in [6.45, 7) is 2.07. The highest BCUT2D eigenvalue weighted by Crippen LogP contribution is 2.29. The molecule has 0 bridgehead atoms. The fraction of sp³-hybridized carbons (Fsp3) is 0.500. The van der Waals surface area contributed by atoms with Gasteiger partial charge in [-0.25, -0.2) is 4.79 Å². The molecule has 5 nitrogen and oxygen atoms in total. The van der Waals surface area contributed by atoms with Crippen molar-refractivity contribution in [3.63, 3.8) is 0 Å². The van der Waals surface area contributed by atoms with E-state index in [4.69, 9.17) is 9.57 Å². The Bertz CT molecular complexity index is 488. The van der Waals surface area contributed by atoms with Gasteiger partial charge in [0.1, 0.15) is 6.04 Å². The SMILES string of the molecule is CCC[C@@H]1CC[C@@H](C(=O)OC)N1OC(=O)c1ccccc1. The van der Waals surface area contributed by atoms with E-state index >= 15 is 0 Å². The molecule has 0 saturated carbocycles. The van der Waals surface area contributed by atoms with Crippen molar-refractivity contribution < 1.29 is 19.2 Å². The molecule has 1 aromatic carbocycles. The molecule has 0 N–H and O–H groups in total. The largest absolute Gasteiger partial charge is 0.468 e. The quantitative estimate of drug-likeness (QED) is 0.780. The van der Waals surface area contributed by atoms with Crippen molar-refractivity contribution in [1.82, 2.24) is 5.06 Å². The molecule has 114 valence electrons. The van der Waals surface area contributed by atoms with Crippen molar-refractivity contribution in [3.05, 3.63) is 35.9 Å². The molecule has 0 amide bonds. The Morgan fingerprint density at radius 1 is 1.24 bits per heavy atom. The van der Waals surface area contributed by atoms with Crippen LogP contribution in [-0.4, -0.2) is 36.2 Å². The normalized spacial score (nSPS) is 22.0. The van der Waals surface area contributed by atoms with E-state index in [-0.39, 0.29) is 12.0 Å². The Morgan fingerprint density at radius 3 is 2.57 bits per heavy atom. The van der Waals surface area contributed by atoms with Gasteiger partial charge in [0.15, 0.2) is 0 Å². The lowest BCUT2D eigenvalue weighted by Crippen LogP contribution is -2.42. The summed E-state index contributed by atoms with van der Waals surface area (Å²) < 4.78 is 4.81. The first kappa shape index (κ1) is 15.5. The van der Waals surface area contributed by atoms with Crippen LogP contribution in [0.25, 0.3) is 0 Å². The number of esters is 1. The van der Waals surface area contributed by atoms with Crippen molar-refractivity contribution in [2.45, 2.75) is 44.7 Å². The molecular weight excluding hydrogens is 270 g/mol. The predicted molar refractivity (Wildman–Crippen MR) is 77.4 cm³/mol. The fourth-order valence-corrected chi connectivity index (χ4v) is 2.68. The first-order chi connectivity index (χ1) is 10.2. The summed E-state index contributed by atoms with van der Waals surface area (Å²) in [6, 6.07) is 8.36. The third-order valence-corrected chi connectivity index (χ3v) is 3.73. The van der Waals surface area contributed by atoms with Crippen molar-refractivity contribution in [1.29, 1.82) is 0 Å². The lowest BCUT2D eigenvalue weighted by Gasteiger charge is -2.26. The summed E-state index contributed by atoms with van der Waals surface area (Å²) >= 11 is 0. The van der Waals surface area contributed by atoms with E-state index < -0.39 is 12.0 Å². The van der Waals surface area contributed by atoms with Gasteiger partial charge in [0, 0.05) is 6.04 Å². The number of rotatable bonds is 5. The van der Waals surface area contributed by atoms with Crippen LogP contribution in [0.2, 0.25) is 0 Å². The fourth-order valence-electron chi connectivity index (χ4n) is 2.68. The van der Waals surface area contributed by atoms with Gasteiger partial charge >= 0.3 is 11.9 Å². The molecule has 2 atom stereocenters. The van der Waals surface area contributed by atoms with Gasteiger partial charge in [-0.1, -0.05) is 31.5 Å². The second kappa shape index (κ2) is 7.22. The molecule has 0 aliphatic carbocycles. The third-order valence-electron chi connectivity index (χ3n) is 3.73. The molecule has 0 radical (unpaired) electrons. The molecule has 1 saturated heterocycles. The van der Waals surface area contributed by atoms with E-state index in [0.29, 0.717) is 12.0 Å². The van der Waals surface area contributed by atoms with Gasteiger partial charge in [-0.05, 0) is 31.4 Å². The standard InChI is InChI=1S/C16H21NO4/c1-3-7-13-10-11-14(16(19)20-2)17(13)21-15(18)12-8-5-4-6-9-12/h4-6,8-9,13-14H,3,7,10-11H2,1-2H3/t13-,14+/m1/s1. The van der Waals surface area contributed by atoms with Crippen LogP contribution in [0.4, 0.5) is 0 Å². The molecule has 1 aromatic rings. The first-order valence-corrected chi connectivity index (χ1v) is 7.30. The predicted octanol–water partition coefficient (Wildman–Crippen LogP) is 2.56. The monoisotopic (exact) mass is 291 g/mol. The van der Waals surface area contributed by atoms with Gasteiger partial charge in [0.25, 0.3) is 0 Å². The lowest BCUT2D eigenvalue weighted by atomic mass is 10.1. The van der Waals surface area contributed by atoms with Crippen LogP contribution in [0.5, 0.6) is 0 Å². The molecule has 0 spiro atoms. The van der Waals surface area contributed by atoms with Crippen molar-refractivity contribution >= 4 is 11.9 Å². The smallest absolute Gasteiger partial charge is 0.357 e. The maximum Gasteiger partial charge on any atom is 0.357 e. The van der Waals surface area contributed by atoms with Gasteiger partial charge in [-0.15, -0.1) is 5.06 Å².